The molecule has 1 aliphatic heterocycles. The van der Waals surface area contributed by atoms with Crippen LogP contribution in [0.15, 0.2) is 12.5 Å². The van der Waals surface area contributed by atoms with Gasteiger partial charge in [-0.05, 0) is 46.0 Å². The Labute approximate surface area is 93.7 Å². The van der Waals surface area contributed by atoms with E-state index in [-0.39, 0.29) is 0 Å². The van der Waals surface area contributed by atoms with Crippen LogP contribution in [0.1, 0.15) is 26.2 Å². The molecule has 0 saturated carbocycles. The van der Waals surface area contributed by atoms with Crippen LogP contribution >= 0.6 is 0 Å². The van der Waals surface area contributed by atoms with Crippen LogP contribution in [0.4, 0.5) is 0 Å². The Bertz CT molecular complexity index is 198. The van der Waals surface area contributed by atoms with Gasteiger partial charge in [-0.25, -0.2) is 0 Å². The minimum atomic E-state index is 0.619. The Morgan fingerprint density at radius 1 is 1.47 bits per heavy atom. The van der Waals surface area contributed by atoms with E-state index in [0.717, 1.165) is 18.8 Å². The summed E-state index contributed by atoms with van der Waals surface area (Å²) < 4.78 is 5.26. The standard InChI is InChI=1S/C12H24N2O/c1-5-8-14(11(2)15-4)12-6-9-13(3)10-7-12/h12H,2,5-10H2,1,3-4H3. The largest absolute Gasteiger partial charge is 0.483 e. The van der Waals surface area contributed by atoms with Crippen LogP contribution in [-0.4, -0.2) is 49.6 Å². The lowest BCUT2D eigenvalue weighted by Gasteiger charge is -2.38. The van der Waals surface area contributed by atoms with Crippen LogP contribution < -0.4 is 0 Å². The predicted octanol–water partition coefficient (Wildman–Crippen LogP) is 1.91. The zero-order valence-corrected chi connectivity index (χ0v) is 10.3. The summed E-state index contributed by atoms with van der Waals surface area (Å²) in [5, 5.41) is 0. The molecule has 0 aromatic carbocycles. The molecule has 3 nitrogen and oxygen atoms in total. The quantitative estimate of drug-likeness (QED) is 0.647. The van der Waals surface area contributed by atoms with Gasteiger partial charge in [0, 0.05) is 12.6 Å². The van der Waals surface area contributed by atoms with Gasteiger partial charge in [-0.3, -0.25) is 0 Å². The third-order valence-corrected chi connectivity index (χ3v) is 3.15. The van der Waals surface area contributed by atoms with E-state index in [0.29, 0.717) is 6.04 Å². The van der Waals surface area contributed by atoms with Crippen molar-refractivity contribution in [2.75, 3.05) is 33.8 Å². The fourth-order valence-corrected chi connectivity index (χ4v) is 2.18. The van der Waals surface area contributed by atoms with Gasteiger partial charge in [0.25, 0.3) is 0 Å². The van der Waals surface area contributed by atoms with Gasteiger partial charge in [0.05, 0.1) is 7.11 Å². The highest BCUT2D eigenvalue weighted by Gasteiger charge is 2.23. The highest BCUT2D eigenvalue weighted by atomic mass is 16.5. The predicted molar refractivity (Wildman–Crippen MR) is 63.7 cm³/mol. The summed E-state index contributed by atoms with van der Waals surface area (Å²) in [7, 11) is 3.89. The van der Waals surface area contributed by atoms with Crippen LogP contribution in [0.5, 0.6) is 0 Å². The topological polar surface area (TPSA) is 15.7 Å². The van der Waals surface area contributed by atoms with Crippen molar-refractivity contribution < 1.29 is 4.74 Å². The van der Waals surface area contributed by atoms with Crippen LogP contribution in [0.3, 0.4) is 0 Å². The Kier molecular flexibility index (Phi) is 4.95. The van der Waals surface area contributed by atoms with Crippen molar-refractivity contribution in [3.05, 3.63) is 12.5 Å². The fourth-order valence-electron chi connectivity index (χ4n) is 2.18. The van der Waals surface area contributed by atoms with Crippen LogP contribution in [0.2, 0.25) is 0 Å². The van der Waals surface area contributed by atoms with E-state index in [9.17, 15) is 0 Å². The molecular weight excluding hydrogens is 188 g/mol. The maximum Gasteiger partial charge on any atom is 0.181 e. The Morgan fingerprint density at radius 2 is 2.07 bits per heavy atom. The summed E-state index contributed by atoms with van der Waals surface area (Å²) >= 11 is 0. The fraction of sp³-hybridized carbons (Fsp3) is 0.833. The number of hydrogen-bond acceptors (Lipinski definition) is 3. The van der Waals surface area contributed by atoms with Crippen LogP contribution in [-0.2, 0) is 4.74 Å². The number of hydrogen-bond donors (Lipinski definition) is 0. The lowest BCUT2D eigenvalue weighted by molar-refractivity contribution is 0.0816. The number of ether oxygens (including phenoxy) is 1. The van der Waals surface area contributed by atoms with Gasteiger partial charge in [0.1, 0.15) is 0 Å². The zero-order valence-electron chi connectivity index (χ0n) is 10.3. The molecule has 0 aromatic heterocycles. The first-order valence-corrected chi connectivity index (χ1v) is 5.87. The summed E-state index contributed by atoms with van der Waals surface area (Å²) in [5.74, 6) is 0.825. The van der Waals surface area contributed by atoms with E-state index in [1.807, 2.05) is 0 Å². The third-order valence-electron chi connectivity index (χ3n) is 3.15. The maximum atomic E-state index is 5.26. The van der Waals surface area contributed by atoms with Gasteiger partial charge >= 0.3 is 0 Å². The molecule has 0 unspecified atom stereocenters. The van der Waals surface area contributed by atoms with Crippen molar-refractivity contribution in [3.8, 4) is 0 Å². The second kappa shape index (κ2) is 6.01. The second-order valence-electron chi connectivity index (χ2n) is 4.33. The van der Waals surface area contributed by atoms with Crippen LogP contribution in [0, 0.1) is 0 Å². The molecule has 0 N–H and O–H groups in total. The monoisotopic (exact) mass is 212 g/mol. The molecule has 1 fully saturated rings. The van der Waals surface area contributed by atoms with Gasteiger partial charge in [0.2, 0.25) is 0 Å². The Morgan fingerprint density at radius 3 is 2.53 bits per heavy atom. The van der Waals surface area contributed by atoms with E-state index in [1.54, 1.807) is 7.11 Å². The molecular formula is C12H24N2O. The number of likely N-dealkylation sites (tertiary alicyclic amines) is 1. The summed E-state index contributed by atoms with van der Waals surface area (Å²) in [6.07, 6.45) is 3.59. The molecule has 0 spiro atoms. The molecule has 0 bridgehead atoms. The van der Waals surface area contributed by atoms with Crippen molar-refractivity contribution in [2.24, 2.45) is 0 Å². The van der Waals surface area contributed by atoms with Gasteiger partial charge < -0.3 is 14.5 Å². The van der Waals surface area contributed by atoms with Crippen molar-refractivity contribution in [1.29, 1.82) is 0 Å². The molecule has 88 valence electrons. The average molecular weight is 212 g/mol. The Hall–Kier alpha value is -0.700. The SMILES string of the molecule is C=C(OC)N(CCC)C1CCN(C)CC1. The Balaban J connectivity index is 2.51. The summed E-state index contributed by atoms with van der Waals surface area (Å²) in [6.45, 7) is 9.60. The zero-order chi connectivity index (χ0) is 11.3. The van der Waals surface area contributed by atoms with Crippen molar-refractivity contribution in [2.45, 2.75) is 32.2 Å². The molecule has 1 heterocycles. The van der Waals surface area contributed by atoms with E-state index >= 15 is 0 Å². The number of nitrogens with zero attached hydrogens (tertiary/aromatic N) is 2. The van der Waals surface area contributed by atoms with E-state index in [4.69, 9.17) is 4.74 Å². The smallest absolute Gasteiger partial charge is 0.181 e. The van der Waals surface area contributed by atoms with E-state index < -0.39 is 0 Å². The van der Waals surface area contributed by atoms with Crippen LogP contribution in [0.25, 0.3) is 0 Å². The van der Waals surface area contributed by atoms with Crippen molar-refractivity contribution in [3.63, 3.8) is 0 Å². The summed E-state index contributed by atoms with van der Waals surface area (Å²) in [4.78, 5) is 4.71. The maximum absolute atomic E-state index is 5.26. The molecule has 1 aliphatic rings. The van der Waals surface area contributed by atoms with Gasteiger partial charge in [0.15, 0.2) is 5.88 Å². The molecule has 0 atom stereocenters. The number of methoxy groups -OCH3 is 1. The molecule has 0 aromatic rings. The molecule has 0 radical (unpaired) electrons. The number of piperidine rings is 1. The lowest BCUT2D eigenvalue weighted by Crippen LogP contribution is -2.43. The minimum absolute atomic E-state index is 0.619. The molecule has 0 amide bonds. The molecule has 1 rings (SSSR count). The average Bonchev–Trinajstić information content (AvgIpc) is 2.26. The first-order valence-electron chi connectivity index (χ1n) is 5.87. The van der Waals surface area contributed by atoms with Gasteiger partial charge in [-0.2, -0.15) is 0 Å². The number of rotatable bonds is 5. The molecule has 1 saturated heterocycles. The second-order valence-corrected chi connectivity index (χ2v) is 4.33. The molecule has 0 aliphatic carbocycles. The normalized spacial score (nSPS) is 18.9. The first-order chi connectivity index (χ1) is 7.19. The van der Waals surface area contributed by atoms with E-state index in [1.165, 1.54) is 25.9 Å². The highest BCUT2D eigenvalue weighted by molar-refractivity contribution is 4.90. The molecule has 15 heavy (non-hydrogen) atoms. The summed E-state index contributed by atoms with van der Waals surface area (Å²) in [5.41, 5.74) is 0. The van der Waals surface area contributed by atoms with Crippen molar-refractivity contribution in [1.82, 2.24) is 9.80 Å². The molecule has 3 heteroatoms. The minimum Gasteiger partial charge on any atom is -0.483 e. The van der Waals surface area contributed by atoms with Crippen molar-refractivity contribution >= 4 is 0 Å². The highest BCUT2D eigenvalue weighted by Crippen LogP contribution is 2.19. The van der Waals surface area contributed by atoms with E-state index in [2.05, 4.69) is 30.4 Å². The summed E-state index contributed by atoms with van der Waals surface area (Å²) in [6, 6.07) is 0.619. The lowest BCUT2D eigenvalue weighted by atomic mass is 10.0. The first kappa shape index (κ1) is 12.4. The third kappa shape index (κ3) is 3.42. The van der Waals surface area contributed by atoms with Gasteiger partial charge in [-0.1, -0.05) is 6.92 Å². The van der Waals surface area contributed by atoms with Gasteiger partial charge in [-0.15, -0.1) is 0 Å².